The molecule has 0 radical (unpaired) electrons. The fraction of sp³-hybridized carbons (Fsp3) is 0.444. The molecule has 3 N–H and O–H groups in total. The maximum atomic E-state index is 6.06. The van der Waals surface area contributed by atoms with Gasteiger partial charge in [-0.1, -0.05) is 26.0 Å². The maximum absolute atomic E-state index is 6.06. The van der Waals surface area contributed by atoms with Gasteiger partial charge in [0, 0.05) is 24.5 Å². The van der Waals surface area contributed by atoms with Gasteiger partial charge in [0.15, 0.2) is 5.96 Å². The van der Waals surface area contributed by atoms with Crippen molar-refractivity contribution < 1.29 is 0 Å². The van der Waals surface area contributed by atoms with E-state index in [4.69, 9.17) is 5.73 Å². The van der Waals surface area contributed by atoms with E-state index in [9.17, 15) is 0 Å². The summed E-state index contributed by atoms with van der Waals surface area (Å²) in [6.07, 6.45) is 3.88. The van der Waals surface area contributed by atoms with Crippen LogP contribution >= 0.6 is 0 Å². The average Bonchev–Trinajstić information content (AvgIpc) is 2.93. The molecule has 1 unspecified atom stereocenters. The number of nitrogens with one attached hydrogen (secondary N) is 1. The number of nitrogens with two attached hydrogens (primary N) is 1. The smallest absolute Gasteiger partial charge is 0.193 e. The first-order valence-corrected chi connectivity index (χ1v) is 8.18. The maximum Gasteiger partial charge on any atom is 0.193 e. The number of hydrogen-bond donors (Lipinski definition) is 2. The molecule has 6 nitrogen and oxygen atoms in total. The third kappa shape index (κ3) is 4.83. The highest BCUT2D eigenvalue weighted by molar-refractivity contribution is 5.92. The average molecular weight is 328 g/mol. The molecule has 0 fully saturated rings. The number of likely N-dealkylation sites (N-methyl/N-ethyl adjacent to an activating group) is 1. The second-order valence-electron chi connectivity index (χ2n) is 6.56. The van der Waals surface area contributed by atoms with Crippen molar-refractivity contribution in [3.05, 3.63) is 47.8 Å². The quantitative estimate of drug-likeness (QED) is 0.631. The Hall–Kier alpha value is -2.34. The van der Waals surface area contributed by atoms with Gasteiger partial charge in [-0.25, -0.2) is 0 Å². The van der Waals surface area contributed by atoms with Crippen LogP contribution in [0.4, 0.5) is 5.69 Å². The minimum absolute atomic E-state index is 0.140. The Bertz CT molecular complexity index is 686. The van der Waals surface area contributed by atoms with Gasteiger partial charge in [0.1, 0.15) is 0 Å². The van der Waals surface area contributed by atoms with Crippen LogP contribution in [0.5, 0.6) is 0 Å². The Morgan fingerprint density at radius 3 is 2.67 bits per heavy atom. The van der Waals surface area contributed by atoms with Crippen molar-refractivity contribution in [2.75, 3.05) is 26.0 Å². The van der Waals surface area contributed by atoms with E-state index in [2.05, 4.69) is 46.3 Å². The third-order valence-corrected chi connectivity index (χ3v) is 3.99. The Balaban J connectivity index is 2.05. The van der Waals surface area contributed by atoms with Crippen molar-refractivity contribution in [1.29, 1.82) is 0 Å². The van der Waals surface area contributed by atoms with E-state index in [1.165, 1.54) is 5.56 Å². The normalized spacial score (nSPS) is 13.5. The summed E-state index contributed by atoms with van der Waals surface area (Å²) in [7, 11) is 5.98. The minimum atomic E-state index is 0.140. The van der Waals surface area contributed by atoms with Gasteiger partial charge in [0.05, 0.1) is 18.8 Å². The molecular weight excluding hydrogens is 300 g/mol. The molecule has 1 heterocycles. The number of rotatable bonds is 6. The first kappa shape index (κ1) is 18.0. The summed E-state index contributed by atoms with van der Waals surface area (Å²) in [5, 5.41) is 7.41. The van der Waals surface area contributed by atoms with Gasteiger partial charge >= 0.3 is 0 Å². The van der Waals surface area contributed by atoms with Crippen LogP contribution < -0.4 is 11.1 Å². The van der Waals surface area contributed by atoms with Gasteiger partial charge in [-0.3, -0.25) is 9.67 Å². The van der Waals surface area contributed by atoms with E-state index in [1.54, 1.807) is 4.68 Å². The van der Waals surface area contributed by atoms with Crippen molar-refractivity contribution in [2.45, 2.75) is 25.8 Å². The summed E-state index contributed by atoms with van der Waals surface area (Å²) < 4.78 is 1.80. The Morgan fingerprint density at radius 1 is 1.33 bits per heavy atom. The van der Waals surface area contributed by atoms with Gasteiger partial charge in [0.2, 0.25) is 0 Å². The molecule has 0 aliphatic carbocycles. The summed E-state index contributed by atoms with van der Waals surface area (Å²) in [5.41, 5.74) is 9.42. The van der Waals surface area contributed by atoms with E-state index in [0.29, 0.717) is 18.4 Å². The number of aliphatic imine (C=N–C) groups is 1. The fourth-order valence-corrected chi connectivity index (χ4v) is 2.53. The standard InChI is InChI=1S/C18H28N6/c1-13(2)14-7-6-8-16(9-14)22-18(19)20-11-17(23(3)4)15-10-21-24(5)12-15/h6-10,12-13,17H,11H2,1-5H3,(H3,19,20,22). The van der Waals surface area contributed by atoms with Crippen molar-refractivity contribution in [2.24, 2.45) is 17.8 Å². The summed E-state index contributed by atoms with van der Waals surface area (Å²) in [6.45, 7) is 4.92. The minimum Gasteiger partial charge on any atom is -0.370 e. The number of aromatic nitrogens is 2. The number of nitrogens with zero attached hydrogens (tertiary/aromatic N) is 4. The lowest BCUT2D eigenvalue weighted by molar-refractivity contribution is 0.306. The lowest BCUT2D eigenvalue weighted by Gasteiger charge is -2.21. The van der Waals surface area contributed by atoms with Crippen molar-refractivity contribution in [1.82, 2.24) is 14.7 Å². The lowest BCUT2D eigenvalue weighted by Crippen LogP contribution is -2.27. The molecule has 0 aliphatic rings. The van der Waals surface area contributed by atoms with Gasteiger partial charge < -0.3 is 16.0 Å². The molecule has 2 rings (SSSR count). The lowest BCUT2D eigenvalue weighted by atomic mass is 10.0. The van der Waals surface area contributed by atoms with Gasteiger partial charge in [0.25, 0.3) is 0 Å². The number of anilines is 1. The topological polar surface area (TPSA) is 71.5 Å². The monoisotopic (exact) mass is 328 g/mol. The molecule has 6 heteroatoms. The van der Waals surface area contributed by atoms with Crippen molar-refractivity contribution in [3.63, 3.8) is 0 Å². The zero-order chi connectivity index (χ0) is 17.7. The molecule has 0 saturated heterocycles. The number of benzene rings is 1. The van der Waals surface area contributed by atoms with Crippen LogP contribution in [-0.4, -0.2) is 41.3 Å². The Kier molecular flexibility index (Phi) is 5.98. The van der Waals surface area contributed by atoms with E-state index in [1.807, 2.05) is 45.7 Å². The highest BCUT2D eigenvalue weighted by Crippen LogP contribution is 2.19. The van der Waals surface area contributed by atoms with Crippen molar-refractivity contribution >= 4 is 11.6 Å². The van der Waals surface area contributed by atoms with Gasteiger partial charge in [-0.2, -0.15) is 5.10 Å². The summed E-state index contributed by atoms with van der Waals surface area (Å²) in [6, 6.07) is 8.40. The molecule has 0 amide bonds. The Morgan fingerprint density at radius 2 is 2.08 bits per heavy atom. The van der Waals surface area contributed by atoms with Crippen LogP contribution in [0.2, 0.25) is 0 Å². The van der Waals surface area contributed by atoms with Gasteiger partial charge in [-0.05, 0) is 37.7 Å². The van der Waals surface area contributed by atoms with Crippen LogP contribution in [0, 0.1) is 0 Å². The van der Waals surface area contributed by atoms with E-state index < -0.39 is 0 Å². The molecule has 130 valence electrons. The predicted octanol–water partition coefficient (Wildman–Crippen LogP) is 2.57. The van der Waals surface area contributed by atoms with Crippen LogP contribution in [0.3, 0.4) is 0 Å². The molecule has 1 aromatic heterocycles. The summed E-state index contributed by atoms with van der Waals surface area (Å²) in [5.74, 6) is 0.903. The highest BCUT2D eigenvalue weighted by Gasteiger charge is 2.15. The second kappa shape index (κ2) is 7.97. The van der Waals surface area contributed by atoms with E-state index >= 15 is 0 Å². The molecule has 2 aromatic rings. The largest absolute Gasteiger partial charge is 0.370 e. The third-order valence-electron chi connectivity index (χ3n) is 3.99. The van der Waals surface area contributed by atoms with Gasteiger partial charge in [-0.15, -0.1) is 0 Å². The molecule has 0 saturated carbocycles. The van der Waals surface area contributed by atoms with Crippen LogP contribution in [0.15, 0.2) is 41.7 Å². The molecular formula is C18H28N6. The van der Waals surface area contributed by atoms with E-state index in [0.717, 1.165) is 11.3 Å². The highest BCUT2D eigenvalue weighted by atomic mass is 15.2. The molecule has 24 heavy (non-hydrogen) atoms. The zero-order valence-electron chi connectivity index (χ0n) is 15.2. The molecule has 1 aromatic carbocycles. The molecule has 0 aliphatic heterocycles. The predicted molar refractivity (Wildman–Crippen MR) is 100 cm³/mol. The Labute approximate surface area is 144 Å². The van der Waals surface area contributed by atoms with Crippen LogP contribution in [-0.2, 0) is 7.05 Å². The second-order valence-corrected chi connectivity index (χ2v) is 6.56. The first-order valence-electron chi connectivity index (χ1n) is 8.18. The molecule has 0 spiro atoms. The zero-order valence-corrected chi connectivity index (χ0v) is 15.2. The van der Waals surface area contributed by atoms with E-state index in [-0.39, 0.29) is 6.04 Å². The SMILES string of the molecule is CC(C)c1cccc(NC(N)=NCC(c2cnn(C)c2)N(C)C)c1. The van der Waals surface area contributed by atoms with Crippen LogP contribution in [0.25, 0.3) is 0 Å². The van der Waals surface area contributed by atoms with Crippen molar-refractivity contribution in [3.8, 4) is 0 Å². The summed E-state index contributed by atoms with van der Waals surface area (Å²) in [4.78, 5) is 6.62. The molecule has 1 atom stereocenters. The molecule has 0 bridgehead atoms. The summed E-state index contributed by atoms with van der Waals surface area (Å²) >= 11 is 0. The fourth-order valence-electron chi connectivity index (χ4n) is 2.53. The first-order chi connectivity index (χ1) is 11.4. The number of aryl methyl sites for hydroxylation is 1. The van der Waals surface area contributed by atoms with Crippen LogP contribution in [0.1, 0.15) is 36.9 Å². The number of hydrogen-bond acceptors (Lipinski definition) is 3. The number of guanidine groups is 1.